The van der Waals surface area contributed by atoms with Gasteiger partial charge in [-0.1, -0.05) is 12.1 Å². The van der Waals surface area contributed by atoms with E-state index in [1.54, 1.807) is 30.3 Å². The molecule has 0 spiro atoms. The fourth-order valence-corrected chi connectivity index (χ4v) is 1.87. The molecule has 3 heteroatoms. The van der Waals surface area contributed by atoms with Gasteiger partial charge >= 0.3 is 0 Å². The van der Waals surface area contributed by atoms with Crippen LogP contribution in [-0.4, -0.2) is 11.0 Å². The van der Waals surface area contributed by atoms with Crippen LogP contribution in [0.15, 0.2) is 30.3 Å². The van der Waals surface area contributed by atoms with Crippen LogP contribution in [0.25, 0.3) is 10.8 Å². The Labute approximate surface area is 80.0 Å². The van der Waals surface area contributed by atoms with Crippen molar-refractivity contribution in [3.8, 4) is 5.75 Å². The maximum absolute atomic E-state index is 11.5. The van der Waals surface area contributed by atoms with Crippen LogP contribution in [0.5, 0.6) is 5.75 Å². The van der Waals surface area contributed by atoms with E-state index >= 15 is 0 Å². The van der Waals surface area contributed by atoms with E-state index in [0.717, 1.165) is 16.5 Å². The smallest absolute Gasteiger partial charge is 0.256 e. The molecule has 0 unspecified atom stereocenters. The number of nitrogens with one attached hydrogen (secondary N) is 1. The molecule has 68 valence electrons. The highest BCUT2D eigenvalue weighted by Crippen LogP contribution is 2.37. The van der Waals surface area contributed by atoms with Crippen LogP contribution >= 0.6 is 0 Å². The number of anilines is 1. The van der Waals surface area contributed by atoms with E-state index in [1.165, 1.54) is 0 Å². The minimum Gasteiger partial charge on any atom is -0.507 e. The van der Waals surface area contributed by atoms with Gasteiger partial charge in [-0.2, -0.15) is 0 Å². The van der Waals surface area contributed by atoms with Gasteiger partial charge in [-0.05, 0) is 18.2 Å². The van der Waals surface area contributed by atoms with Crippen molar-refractivity contribution in [2.24, 2.45) is 0 Å². The number of phenolic OH excluding ortho intramolecular Hbond substituents is 1. The monoisotopic (exact) mass is 185 g/mol. The summed E-state index contributed by atoms with van der Waals surface area (Å²) in [6.07, 6.45) is 0. The highest BCUT2D eigenvalue weighted by molar-refractivity contribution is 6.24. The summed E-state index contributed by atoms with van der Waals surface area (Å²) in [7, 11) is 0. The zero-order valence-corrected chi connectivity index (χ0v) is 7.24. The third-order valence-corrected chi connectivity index (χ3v) is 2.51. The number of aromatic hydroxyl groups is 1. The first-order valence-corrected chi connectivity index (χ1v) is 4.33. The number of hydrogen-bond donors (Lipinski definition) is 2. The average molecular weight is 185 g/mol. The lowest BCUT2D eigenvalue weighted by Gasteiger charge is -2.01. The molecule has 2 N–H and O–H groups in total. The first-order valence-electron chi connectivity index (χ1n) is 4.33. The number of carbonyl (C=O) groups excluding carboxylic acids is 1. The van der Waals surface area contributed by atoms with Crippen molar-refractivity contribution in [2.45, 2.75) is 0 Å². The van der Waals surface area contributed by atoms with Gasteiger partial charge in [0.25, 0.3) is 5.91 Å². The molecule has 1 aliphatic heterocycles. The SMILES string of the molecule is O=C1Nc2ccc(O)c3cccc1c23. The predicted molar refractivity (Wildman–Crippen MR) is 53.6 cm³/mol. The molecular formula is C11H7NO2. The van der Waals surface area contributed by atoms with Gasteiger partial charge in [0, 0.05) is 22.0 Å². The van der Waals surface area contributed by atoms with Crippen LogP contribution < -0.4 is 5.32 Å². The lowest BCUT2D eigenvalue weighted by Crippen LogP contribution is -2.03. The molecule has 0 saturated carbocycles. The molecule has 0 saturated heterocycles. The maximum Gasteiger partial charge on any atom is 0.256 e. The van der Waals surface area contributed by atoms with Crippen LogP contribution in [0.3, 0.4) is 0 Å². The van der Waals surface area contributed by atoms with Crippen LogP contribution in [0.2, 0.25) is 0 Å². The van der Waals surface area contributed by atoms with Gasteiger partial charge in [0.05, 0.1) is 0 Å². The molecule has 0 atom stereocenters. The van der Waals surface area contributed by atoms with E-state index in [0.29, 0.717) is 5.56 Å². The highest BCUT2D eigenvalue weighted by atomic mass is 16.3. The molecule has 1 heterocycles. The predicted octanol–water partition coefficient (Wildman–Crippen LogP) is 2.11. The van der Waals surface area contributed by atoms with Gasteiger partial charge in [0.15, 0.2) is 0 Å². The quantitative estimate of drug-likeness (QED) is 0.617. The minimum atomic E-state index is -0.101. The molecule has 3 nitrogen and oxygen atoms in total. The molecule has 0 bridgehead atoms. The summed E-state index contributed by atoms with van der Waals surface area (Å²) in [4.78, 5) is 11.5. The van der Waals surface area contributed by atoms with Crippen LogP contribution in [0, 0.1) is 0 Å². The third-order valence-electron chi connectivity index (χ3n) is 2.51. The van der Waals surface area contributed by atoms with Gasteiger partial charge in [0.1, 0.15) is 5.75 Å². The molecular weight excluding hydrogens is 178 g/mol. The summed E-state index contributed by atoms with van der Waals surface area (Å²) in [5.74, 6) is 0.110. The Balaban J connectivity index is 2.58. The van der Waals surface area contributed by atoms with Crippen molar-refractivity contribution in [3.05, 3.63) is 35.9 Å². The van der Waals surface area contributed by atoms with Crippen molar-refractivity contribution in [1.82, 2.24) is 0 Å². The fourth-order valence-electron chi connectivity index (χ4n) is 1.87. The number of benzene rings is 2. The normalized spacial score (nSPS) is 13.3. The van der Waals surface area contributed by atoms with Crippen LogP contribution in [0.1, 0.15) is 10.4 Å². The fraction of sp³-hybridized carbons (Fsp3) is 0. The van der Waals surface area contributed by atoms with E-state index < -0.39 is 0 Å². The lowest BCUT2D eigenvalue weighted by atomic mass is 10.0. The van der Waals surface area contributed by atoms with Gasteiger partial charge in [0.2, 0.25) is 0 Å². The second kappa shape index (κ2) is 2.26. The molecule has 1 amide bonds. The van der Waals surface area contributed by atoms with E-state index in [1.807, 2.05) is 0 Å². The molecule has 2 aromatic carbocycles. The number of hydrogen-bond acceptors (Lipinski definition) is 2. The molecule has 3 rings (SSSR count). The number of phenols is 1. The topological polar surface area (TPSA) is 49.3 Å². The van der Waals surface area contributed by atoms with Crippen LogP contribution in [0.4, 0.5) is 5.69 Å². The largest absolute Gasteiger partial charge is 0.507 e. The summed E-state index contributed by atoms with van der Waals surface area (Å²) in [5, 5.41) is 13.9. The number of rotatable bonds is 0. The molecule has 0 aromatic heterocycles. The summed E-state index contributed by atoms with van der Waals surface area (Å²) >= 11 is 0. The summed E-state index contributed by atoms with van der Waals surface area (Å²) in [5.41, 5.74) is 1.41. The summed E-state index contributed by atoms with van der Waals surface area (Å²) < 4.78 is 0. The Morgan fingerprint density at radius 1 is 1.14 bits per heavy atom. The van der Waals surface area contributed by atoms with E-state index in [-0.39, 0.29) is 11.7 Å². The molecule has 2 aromatic rings. The average Bonchev–Trinajstić information content (AvgIpc) is 2.52. The van der Waals surface area contributed by atoms with E-state index in [4.69, 9.17) is 0 Å². The molecule has 0 radical (unpaired) electrons. The zero-order valence-electron chi connectivity index (χ0n) is 7.24. The summed E-state index contributed by atoms with van der Waals surface area (Å²) in [6.45, 7) is 0. The first-order chi connectivity index (χ1) is 6.77. The van der Waals surface area contributed by atoms with E-state index in [2.05, 4.69) is 5.32 Å². The van der Waals surface area contributed by atoms with Gasteiger partial charge < -0.3 is 10.4 Å². The lowest BCUT2D eigenvalue weighted by molar-refractivity contribution is 0.103. The Bertz CT molecular complexity index is 560. The van der Waals surface area contributed by atoms with Gasteiger partial charge in [-0.15, -0.1) is 0 Å². The Morgan fingerprint density at radius 2 is 2.00 bits per heavy atom. The van der Waals surface area contributed by atoms with Crippen molar-refractivity contribution in [3.63, 3.8) is 0 Å². The van der Waals surface area contributed by atoms with Crippen molar-refractivity contribution >= 4 is 22.4 Å². The zero-order chi connectivity index (χ0) is 9.71. The van der Waals surface area contributed by atoms with Crippen molar-refractivity contribution in [1.29, 1.82) is 0 Å². The second-order valence-electron chi connectivity index (χ2n) is 3.31. The highest BCUT2D eigenvalue weighted by Gasteiger charge is 2.21. The van der Waals surface area contributed by atoms with Crippen molar-refractivity contribution < 1.29 is 9.90 Å². The van der Waals surface area contributed by atoms with Crippen molar-refractivity contribution in [2.75, 3.05) is 5.32 Å². The number of amides is 1. The van der Waals surface area contributed by atoms with Crippen LogP contribution in [-0.2, 0) is 0 Å². The Hall–Kier alpha value is -2.03. The minimum absolute atomic E-state index is 0.101. The molecule has 0 aliphatic carbocycles. The molecule has 0 fully saturated rings. The Kier molecular flexibility index (Phi) is 1.19. The maximum atomic E-state index is 11.5. The second-order valence-corrected chi connectivity index (χ2v) is 3.31. The van der Waals surface area contributed by atoms with Gasteiger partial charge in [-0.25, -0.2) is 0 Å². The molecule has 14 heavy (non-hydrogen) atoms. The first kappa shape index (κ1) is 7.38. The molecule has 1 aliphatic rings. The third kappa shape index (κ3) is 0.738. The summed E-state index contributed by atoms with van der Waals surface area (Å²) in [6, 6.07) is 8.64. The standard InChI is InChI=1S/C11H7NO2/c13-9-5-4-8-10-6(9)2-1-3-7(10)11(14)12-8/h1-5,13H,(H,12,14). The number of carbonyl (C=O) groups is 1. The van der Waals surface area contributed by atoms with E-state index in [9.17, 15) is 9.90 Å². The van der Waals surface area contributed by atoms with Gasteiger partial charge in [-0.3, -0.25) is 4.79 Å². The Morgan fingerprint density at radius 3 is 2.86 bits per heavy atom.